The Bertz CT molecular complexity index is 355. The Labute approximate surface area is 127 Å². The standard InChI is InChI=1S/C14H32N4Si2/c1-17(19(3,4)5)15-13-10-9-11-14(12-13)16-18(2)20(6,7)8/h9-12H2,1-8H3. The van der Waals surface area contributed by atoms with Crippen LogP contribution in [-0.4, -0.2) is 51.3 Å². The van der Waals surface area contributed by atoms with Gasteiger partial charge in [0.05, 0.1) is 0 Å². The van der Waals surface area contributed by atoms with E-state index >= 15 is 0 Å². The van der Waals surface area contributed by atoms with E-state index in [0.29, 0.717) is 0 Å². The lowest BCUT2D eigenvalue weighted by Gasteiger charge is -2.31. The molecule has 0 bridgehead atoms. The monoisotopic (exact) mass is 312 g/mol. The van der Waals surface area contributed by atoms with Crippen molar-refractivity contribution in [3.63, 3.8) is 0 Å². The summed E-state index contributed by atoms with van der Waals surface area (Å²) in [5.74, 6) is 0. The maximum Gasteiger partial charge on any atom is 0.168 e. The highest BCUT2D eigenvalue weighted by Gasteiger charge is 2.23. The smallest absolute Gasteiger partial charge is 0.168 e. The van der Waals surface area contributed by atoms with Gasteiger partial charge in [0.15, 0.2) is 16.5 Å². The molecule has 0 atom stereocenters. The normalized spacial score (nSPS) is 21.4. The second-order valence-electron chi connectivity index (χ2n) is 7.75. The maximum absolute atomic E-state index is 4.85. The Kier molecular flexibility index (Phi) is 5.60. The summed E-state index contributed by atoms with van der Waals surface area (Å²) in [4.78, 5) is 0. The quantitative estimate of drug-likeness (QED) is 0.584. The van der Waals surface area contributed by atoms with Gasteiger partial charge in [-0.25, -0.2) is 0 Å². The molecule has 0 saturated heterocycles. The third kappa shape index (κ3) is 5.40. The lowest BCUT2D eigenvalue weighted by atomic mass is 9.97. The summed E-state index contributed by atoms with van der Waals surface area (Å²) in [6.45, 7) is 14.0. The molecule has 116 valence electrons. The summed E-state index contributed by atoms with van der Waals surface area (Å²) < 4.78 is 4.43. The van der Waals surface area contributed by atoms with E-state index in [9.17, 15) is 0 Å². The van der Waals surface area contributed by atoms with Crippen LogP contribution in [0.1, 0.15) is 25.7 Å². The number of nitrogens with zero attached hydrogens (tertiary/aromatic N) is 4. The molecule has 0 spiro atoms. The summed E-state index contributed by atoms with van der Waals surface area (Å²) in [6, 6.07) is 0. The van der Waals surface area contributed by atoms with Crippen molar-refractivity contribution in [2.75, 3.05) is 14.1 Å². The number of rotatable bonds is 4. The Morgan fingerprint density at radius 1 is 0.750 bits per heavy atom. The molecule has 0 unspecified atom stereocenters. The van der Waals surface area contributed by atoms with E-state index in [-0.39, 0.29) is 0 Å². The van der Waals surface area contributed by atoms with Crippen LogP contribution in [0.5, 0.6) is 0 Å². The zero-order chi connectivity index (χ0) is 15.6. The summed E-state index contributed by atoms with van der Waals surface area (Å²) in [5, 5.41) is 9.70. The lowest BCUT2D eigenvalue weighted by Crippen LogP contribution is -2.41. The third-order valence-electron chi connectivity index (χ3n) is 3.86. The number of hydrogen-bond acceptors (Lipinski definition) is 4. The van der Waals surface area contributed by atoms with Crippen LogP contribution >= 0.6 is 0 Å². The highest BCUT2D eigenvalue weighted by atomic mass is 28.3. The highest BCUT2D eigenvalue weighted by Crippen LogP contribution is 2.18. The van der Waals surface area contributed by atoms with Gasteiger partial charge in [0, 0.05) is 31.9 Å². The molecule has 6 heteroatoms. The van der Waals surface area contributed by atoms with Gasteiger partial charge in [0.1, 0.15) is 0 Å². The molecule has 0 amide bonds. The molecule has 0 heterocycles. The molecule has 20 heavy (non-hydrogen) atoms. The minimum atomic E-state index is -1.33. The number of hydrogen-bond donors (Lipinski definition) is 0. The molecule has 0 aromatic rings. The average molecular weight is 313 g/mol. The lowest BCUT2D eigenvalue weighted by molar-refractivity contribution is 0.535. The van der Waals surface area contributed by atoms with Gasteiger partial charge in [-0.2, -0.15) is 10.2 Å². The first-order valence-corrected chi connectivity index (χ1v) is 14.5. The van der Waals surface area contributed by atoms with E-state index in [4.69, 9.17) is 10.2 Å². The van der Waals surface area contributed by atoms with Crippen molar-refractivity contribution in [2.24, 2.45) is 10.2 Å². The summed E-state index contributed by atoms with van der Waals surface area (Å²) in [7, 11) is 1.60. The molecule has 1 aliphatic carbocycles. The fourth-order valence-electron chi connectivity index (χ4n) is 1.80. The van der Waals surface area contributed by atoms with Crippen molar-refractivity contribution in [2.45, 2.75) is 65.0 Å². The first-order chi connectivity index (χ1) is 9.00. The first kappa shape index (κ1) is 17.4. The third-order valence-corrected chi connectivity index (χ3v) is 7.95. The Morgan fingerprint density at radius 3 is 1.40 bits per heavy atom. The van der Waals surface area contributed by atoms with Gasteiger partial charge in [-0.15, -0.1) is 0 Å². The summed E-state index contributed by atoms with van der Waals surface area (Å²) >= 11 is 0. The zero-order valence-electron chi connectivity index (χ0n) is 14.6. The van der Waals surface area contributed by atoms with Gasteiger partial charge in [0.2, 0.25) is 0 Å². The van der Waals surface area contributed by atoms with Crippen molar-refractivity contribution in [3.05, 3.63) is 0 Å². The van der Waals surface area contributed by atoms with Crippen molar-refractivity contribution in [3.8, 4) is 0 Å². The predicted octanol–water partition coefficient (Wildman–Crippen LogP) is 3.81. The SMILES string of the molecule is CN(N=C1CCCC(=NN(C)[Si](C)(C)C)C1)[Si](C)(C)C. The maximum atomic E-state index is 4.85. The van der Waals surface area contributed by atoms with Gasteiger partial charge < -0.3 is 9.35 Å². The summed E-state index contributed by atoms with van der Waals surface area (Å²) in [6.07, 6.45) is 4.41. The first-order valence-electron chi connectivity index (χ1n) is 7.60. The van der Waals surface area contributed by atoms with E-state index in [0.717, 1.165) is 19.3 Å². The fraction of sp³-hybridized carbons (Fsp3) is 0.857. The molecule has 0 aromatic carbocycles. The second-order valence-corrected chi connectivity index (χ2v) is 17.7. The predicted molar refractivity (Wildman–Crippen MR) is 95.6 cm³/mol. The van der Waals surface area contributed by atoms with Gasteiger partial charge in [0.25, 0.3) is 0 Å². The van der Waals surface area contributed by atoms with Crippen LogP contribution in [0.25, 0.3) is 0 Å². The minimum absolute atomic E-state index is 0.962. The van der Waals surface area contributed by atoms with Crippen molar-refractivity contribution >= 4 is 27.9 Å². The summed E-state index contributed by atoms with van der Waals surface area (Å²) in [5.41, 5.74) is 2.62. The van der Waals surface area contributed by atoms with Crippen LogP contribution in [0.15, 0.2) is 10.2 Å². The minimum Gasteiger partial charge on any atom is -0.328 e. The van der Waals surface area contributed by atoms with Crippen LogP contribution in [0.4, 0.5) is 0 Å². The van der Waals surface area contributed by atoms with Gasteiger partial charge in [-0.3, -0.25) is 0 Å². The fourth-order valence-corrected chi connectivity index (χ4v) is 2.69. The Balaban J connectivity index is 2.77. The van der Waals surface area contributed by atoms with E-state index in [1.165, 1.54) is 17.8 Å². The van der Waals surface area contributed by atoms with Crippen molar-refractivity contribution in [1.29, 1.82) is 0 Å². The molecule has 1 aliphatic rings. The van der Waals surface area contributed by atoms with Crippen molar-refractivity contribution in [1.82, 2.24) is 9.35 Å². The van der Waals surface area contributed by atoms with Crippen LogP contribution in [-0.2, 0) is 0 Å². The Hall–Kier alpha value is -0.626. The second kappa shape index (κ2) is 6.43. The molecular weight excluding hydrogens is 280 g/mol. The molecule has 1 rings (SSSR count). The molecular formula is C14H32N4Si2. The van der Waals surface area contributed by atoms with Gasteiger partial charge in [-0.05, 0) is 19.3 Å². The van der Waals surface area contributed by atoms with E-state index in [1.807, 2.05) is 0 Å². The largest absolute Gasteiger partial charge is 0.328 e. The molecule has 4 nitrogen and oxygen atoms in total. The topological polar surface area (TPSA) is 31.2 Å². The molecule has 0 radical (unpaired) electrons. The van der Waals surface area contributed by atoms with Crippen LogP contribution in [0.2, 0.25) is 39.3 Å². The van der Waals surface area contributed by atoms with E-state index in [1.54, 1.807) is 0 Å². The number of hydrazone groups is 2. The van der Waals surface area contributed by atoms with Gasteiger partial charge in [-0.1, -0.05) is 39.3 Å². The zero-order valence-corrected chi connectivity index (χ0v) is 16.6. The van der Waals surface area contributed by atoms with E-state index in [2.05, 4.69) is 62.7 Å². The van der Waals surface area contributed by atoms with Crippen LogP contribution < -0.4 is 0 Å². The highest BCUT2D eigenvalue weighted by molar-refractivity contribution is 6.73. The molecule has 0 N–H and O–H groups in total. The average Bonchev–Trinajstić information content (AvgIpc) is 2.26. The van der Waals surface area contributed by atoms with E-state index < -0.39 is 16.5 Å². The molecule has 1 fully saturated rings. The van der Waals surface area contributed by atoms with Crippen LogP contribution in [0, 0.1) is 0 Å². The van der Waals surface area contributed by atoms with Crippen molar-refractivity contribution < 1.29 is 0 Å². The molecule has 0 aliphatic heterocycles. The van der Waals surface area contributed by atoms with Crippen LogP contribution in [0.3, 0.4) is 0 Å². The molecule has 1 saturated carbocycles. The molecule has 0 aromatic heterocycles. The Morgan fingerprint density at radius 2 is 1.10 bits per heavy atom. The van der Waals surface area contributed by atoms with Gasteiger partial charge >= 0.3 is 0 Å².